The van der Waals surface area contributed by atoms with E-state index in [0.29, 0.717) is 11.1 Å². The molecule has 1 aliphatic heterocycles. The average molecular weight is 241 g/mol. The fraction of sp³-hybridized carbons (Fsp3) is 0.583. The summed E-state index contributed by atoms with van der Waals surface area (Å²) in [6.45, 7) is 4.73. The number of aliphatic hydroxyl groups is 1. The van der Waals surface area contributed by atoms with Gasteiger partial charge >= 0.3 is 0 Å². The lowest BCUT2D eigenvalue weighted by Gasteiger charge is -2.34. The topological polar surface area (TPSA) is 36.4 Å². The number of β-amino-alcohol motifs (C(OH)–C–C–N with tert-alkyl or cyclic N) is 1. The van der Waals surface area contributed by atoms with Gasteiger partial charge in [-0.15, -0.1) is 0 Å². The molecule has 2 atom stereocenters. The van der Waals surface area contributed by atoms with Crippen LogP contribution in [0.15, 0.2) is 18.3 Å². The molecule has 3 nitrogen and oxygen atoms in total. The summed E-state index contributed by atoms with van der Waals surface area (Å²) in [7, 11) is 0. The second-order valence-corrected chi connectivity index (χ2v) is 4.94. The Morgan fingerprint density at radius 3 is 3.12 bits per heavy atom. The van der Waals surface area contributed by atoms with Gasteiger partial charge in [-0.25, -0.2) is 4.98 Å². The summed E-state index contributed by atoms with van der Waals surface area (Å²) >= 11 is 5.84. The molecule has 0 aliphatic carbocycles. The van der Waals surface area contributed by atoms with Crippen LogP contribution in [0.4, 0.5) is 0 Å². The Morgan fingerprint density at radius 2 is 2.44 bits per heavy atom. The molecule has 0 radical (unpaired) electrons. The molecule has 1 aliphatic rings. The molecule has 0 spiro atoms. The van der Waals surface area contributed by atoms with Crippen LogP contribution in [0.5, 0.6) is 0 Å². The SMILES string of the molecule is CC1CCN(Cc2ccnc(Cl)c2)CC1O. The zero-order valence-corrected chi connectivity index (χ0v) is 10.2. The molecule has 88 valence electrons. The summed E-state index contributed by atoms with van der Waals surface area (Å²) in [4.78, 5) is 6.22. The molecule has 0 amide bonds. The lowest BCUT2D eigenvalue weighted by molar-refractivity contribution is 0.0259. The van der Waals surface area contributed by atoms with Gasteiger partial charge in [0.15, 0.2) is 0 Å². The molecule has 0 bridgehead atoms. The first-order valence-electron chi connectivity index (χ1n) is 5.66. The molecule has 2 rings (SSSR count). The van der Waals surface area contributed by atoms with Crippen LogP contribution in [-0.2, 0) is 6.54 Å². The Labute approximate surface area is 101 Å². The van der Waals surface area contributed by atoms with Crippen molar-refractivity contribution in [2.24, 2.45) is 5.92 Å². The molecular weight excluding hydrogens is 224 g/mol. The number of likely N-dealkylation sites (tertiary alicyclic amines) is 1. The van der Waals surface area contributed by atoms with Gasteiger partial charge < -0.3 is 5.11 Å². The van der Waals surface area contributed by atoms with Crippen LogP contribution in [0, 0.1) is 5.92 Å². The third kappa shape index (κ3) is 2.94. The Kier molecular flexibility index (Phi) is 3.79. The number of hydrogen-bond acceptors (Lipinski definition) is 3. The molecule has 0 aromatic carbocycles. The van der Waals surface area contributed by atoms with Crippen LogP contribution in [0.2, 0.25) is 5.15 Å². The second kappa shape index (κ2) is 5.13. The van der Waals surface area contributed by atoms with Crippen molar-refractivity contribution in [3.63, 3.8) is 0 Å². The smallest absolute Gasteiger partial charge is 0.129 e. The Balaban J connectivity index is 1.95. The number of rotatable bonds is 2. The first-order valence-corrected chi connectivity index (χ1v) is 6.04. The molecule has 4 heteroatoms. The van der Waals surface area contributed by atoms with Crippen LogP contribution >= 0.6 is 11.6 Å². The maximum absolute atomic E-state index is 9.80. The van der Waals surface area contributed by atoms with Crippen LogP contribution in [0.1, 0.15) is 18.9 Å². The van der Waals surface area contributed by atoms with E-state index in [0.717, 1.165) is 31.6 Å². The number of hydrogen-bond donors (Lipinski definition) is 1. The van der Waals surface area contributed by atoms with Crippen molar-refractivity contribution in [2.45, 2.75) is 26.0 Å². The highest BCUT2D eigenvalue weighted by atomic mass is 35.5. The average Bonchev–Trinajstić information content (AvgIpc) is 2.24. The van der Waals surface area contributed by atoms with Gasteiger partial charge in [-0.2, -0.15) is 0 Å². The highest BCUT2D eigenvalue weighted by Gasteiger charge is 2.23. The van der Waals surface area contributed by atoms with Crippen LogP contribution in [0.25, 0.3) is 0 Å². The van der Waals surface area contributed by atoms with E-state index < -0.39 is 0 Å². The van der Waals surface area contributed by atoms with Gasteiger partial charge in [0.05, 0.1) is 6.10 Å². The van der Waals surface area contributed by atoms with Crippen LogP contribution < -0.4 is 0 Å². The summed E-state index contributed by atoms with van der Waals surface area (Å²) in [6, 6.07) is 3.85. The Bertz CT molecular complexity index is 359. The predicted octanol–water partition coefficient (Wildman–Crippen LogP) is 1.94. The van der Waals surface area contributed by atoms with Crippen LogP contribution in [-0.4, -0.2) is 34.2 Å². The molecule has 0 saturated carbocycles. The monoisotopic (exact) mass is 240 g/mol. The number of halogens is 1. The van der Waals surface area contributed by atoms with Crippen molar-refractivity contribution < 1.29 is 5.11 Å². The van der Waals surface area contributed by atoms with E-state index in [1.807, 2.05) is 12.1 Å². The third-order valence-electron chi connectivity index (χ3n) is 3.20. The molecule has 2 heterocycles. The fourth-order valence-corrected chi connectivity index (χ4v) is 2.25. The number of nitrogens with zero attached hydrogens (tertiary/aromatic N) is 2. The zero-order chi connectivity index (χ0) is 11.5. The van der Waals surface area contributed by atoms with Gasteiger partial charge in [-0.1, -0.05) is 18.5 Å². The summed E-state index contributed by atoms with van der Waals surface area (Å²) in [6.07, 6.45) is 2.58. The number of aromatic nitrogens is 1. The second-order valence-electron chi connectivity index (χ2n) is 4.56. The molecule has 1 N–H and O–H groups in total. The number of piperidine rings is 1. The minimum atomic E-state index is -0.203. The summed E-state index contributed by atoms with van der Waals surface area (Å²) in [5.74, 6) is 0.414. The largest absolute Gasteiger partial charge is 0.392 e. The van der Waals surface area contributed by atoms with Gasteiger partial charge in [0.2, 0.25) is 0 Å². The standard InChI is InChI=1S/C12H17ClN2O/c1-9-3-5-15(8-11(9)16)7-10-2-4-14-12(13)6-10/h2,4,6,9,11,16H,3,5,7-8H2,1H3. The van der Waals surface area contributed by atoms with Crippen molar-refractivity contribution >= 4 is 11.6 Å². The Morgan fingerprint density at radius 1 is 1.62 bits per heavy atom. The van der Waals surface area contributed by atoms with Crippen molar-refractivity contribution in [1.29, 1.82) is 0 Å². The minimum Gasteiger partial charge on any atom is -0.392 e. The van der Waals surface area contributed by atoms with E-state index in [4.69, 9.17) is 11.6 Å². The highest BCUT2D eigenvalue weighted by Crippen LogP contribution is 2.19. The van der Waals surface area contributed by atoms with Gasteiger partial charge in [-0.3, -0.25) is 4.90 Å². The quantitative estimate of drug-likeness (QED) is 0.803. The molecule has 1 aromatic heterocycles. The first kappa shape index (κ1) is 11.8. The van der Waals surface area contributed by atoms with Crippen molar-refractivity contribution in [1.82, 2.24) is 9.88 Å². The first-order chi connectivity index (χ1) is 7.65. The molecule has 16 heavy (non-hydrogen) atoms. The lowest BCUT2D eigenvalue weighted by Crippen LogP contribution is -2.42. The number of aliphatic hydroxyl groups excluding tert-OH is 1. The molecular formula is C12H17ClN2O. The van der Waals surface area contributed by atoms with E-state index >= 15 is 0 Å². The van der Waals surface area contributed by atoms with Crippen molar-refractivity contribution in [2.75, 3.05) is 13.1 Å². The maximum atomic E-state index is 9.80. The lowest BCUT2D eigenvalue weighted by atomic mass is 9.96. The van der Waals surface area contributed by atoms with Gasteiger partial charge in [0, 0.05) is 19.3 Å². The summed E-state index contributed by atoms with van der Waals surface area (Å²) in [5, 5.41) is 10.3. The van der Waals surface area contributed by atoms with Crippen molar-refractivity contribution in [3.8, 4) is 0 Å². The highest BCUT2D eigenvalue weighted by molar-refractivity contribution is 6.29. The van der Waals surface area contributed by atoms with E-state index in [9.17, 15) is 5.11 Å². The van der Waals surface area contributed by atoms with Crippen molar-refractivity contribution in [3.05, 3.63) is 29.0 Å². The normalized spacial score (nSPS) is 26.9. The molecule has 1 saturated heterocycles. The van der Waals surface area contributed by atoms with Gasteiger partial charge in [0.25, 0.3) is 0 Å². The fourth-order valence-electron chi connectivity index (χ4n) is 2.06. The van der Waals surface area contributed by atoms with E-state index in [-0.39, 0.29) is 6.10 Å². The molecule has 1 fully saturated rings. The van der Waals surface area contributed by atoms with Crippen LogP contribution in [0.3, 0.4) is 0 Å². The number of pyridine rings is 1. The van der Waals surface area contributed by atoms with Gasteiger partial charge in [0.1, 0.15) is 5.15 Å². The zero-order valence-electron chi connectivity index (χ0n) is 9.43. The predicted molar refractivity (Wildman–Crippen MR) is 64.3 cm³/mol. The molecule has 1 aromatic rings. The minimum absolute atomic E-state index is 0.203. The molecule has 2 unspecified atom stereocenters. The summed E-state index contributed by atoms with van der Waals surface area (Å²) < 4.78 is 0. The van der Waals surface area contributed by atoms with E-state index in [2.05, 4.69) is 16.8 Å². The van der Waals surface area contributed by atoms with E-state index in [1.54, 1.807) is 6.20 Å². The maximum Gasteiger partial charge on any atom is 0.129 e. The van der Waals surface area contributed by atoms with E-state index in [1.165, 1.54) is 0 Å². The third-order valence-corrected chi connectivity index (χ3v) is 3.41. The summed E-state index contributed by atoms with van der Waals surface area (Å²) in [5.41, 5.74) is 1.15. The van der Waals surface area contributed by atoms with Gasteiger partial charge in [-0.05, 0) is 36.6 Å². The Hall–Kier alpha value is -0.640.